The zero-order chi connectivity index (χ0) is 10.7. The SMILES string of the molecule is FC1(F)CCC(CN2CCCCC2)CC1. The van der Waals surface area contributed by atoms with Crippen LogP contribution in [0.25, 0.3) is 0 Å². The first-order chi connectivity index (χ1) is 7.16. The summed E-state index contributed by atoms with van der Waals surface area (Å²) in [6.45, 7) is 3.44. The minimum Gasteiger partial charge on any atom is -0.303 e. The average Bonchev–Trinajstić information content (AvgIpc) is 2.23. The Morgan fingerprint density at radius 2 is 1.60 bits per heavy atom. The Bertz CT molecular complexity index is 190. The van der Waals surface area contributed by atoms with Crippen LogP contribution >= 0.6 is 0 Å². The molecule has 15 heavy (non-hydrogen) atoms. The third kappa shape index (κ3) is 3.40. The number of piperidine rings is 1. The number of rotatable bonds is 2. The van der Waals surface area contributed by atoms with E-state index in [2.05, 4.69) is 4.90 Å². The summed E-state index contributed by atoms with van der Waals surface area (Å²) in [6, 6.07) is 0. The van der Waals surface area contributed by atoms with E-state index < -0.39 is 5.92 Å². The van der Waals surface area contributed by atoms with Crippen molar-refractivity contribution in [2.45, 2.75) is 50.9 Å². The van der Waals surface area contributed by atoms with Gasteiger partial charge in [0.15, 0.2) is 0 Å². The molecule has 0 spiro atoms. The summed E-state index contributed by atoms with van der Waals surface area (Å²) in [5.41, 5.74) is 0. The quantitative estimate of drug-likeness (QED) is 0.686. The van der Waals surface area contributed by atoms with E-state index in [4.69, 9.17) is 0 Å². The standard InChI is InChI=1S/C12H21F2N/c13-12(14)6-4-11(5-7-12)10-15-8-2-1-3-9-15/h11H,1-10H2. The number of halogens is 2. The van der Waals surface area contributed by atoms with Gasteiger partial charge in [0.1, 0.15) is 0 Å². The van der Waals surface area contributed by atoms with Crippen LogP contribution in [0.5, 0.6) is 0 Å². The predicted molar refractivity (Wildman–Crippen MR) is 57.2 cm³/mol. The lowest BCUT2D eigenvalue weighted by atomic mass is 9.86. The van der Waals surface area contributed by atoms with Crippen LogP contribution in [0.4, 0.5) is 8.78 Å². The average molecular weight is 217 g/mol. The summed E-state index contributed by atoms with van der Waals surface area (Å²) >= 11 is 0. The van der Waals surface area contributed by atoms with Crippen LogP contribution in [0.3, 0.4) is 0 Å². The normalized spacial score (nSPS) is 29.2. The van der Waals surface area contributed by atoms with Gasteiger partial charge in [-0.2, -0.15) is 0 Å². The lowest BCUT2D eigenvalue weighted by molar-refractivity contribution is -0.0492. The highest BCUT2D eigenvalue weighted by molar-refractivity contribution is 4.80. The zero-order valence-corrected chi connectivity index (χ0v) is 9.35. The van der Waals surface area contributed by atoms with Gasteiger partial charge in [0.2, 0.25) is 5.92 Å². The van der Waals surface area contributed by atoms with Gasteiger partial charge in [-0.15, -0.1) is 0 Å². The van der Waals surface area contributed by atoms with Crippen molar-refractivity contribution in [1.29, 1.82) is 0 Å². The molecule has 0 atom stereocenters. The Hall–Kier alpha value is -0.180. The lowest BCUT2D eigenvalue weighted by Gasteiger charge is -2.34. The lowest BCUT2D eigenvalue weighted by Crippen LogP contribution is -2.37. The molecule has 0 aromatic heterocycles. The molecule has 1 aliphatic heterocycles. The maximum absolute atomic E-state index is 12.9. The van der Waals surface area contributed by atoms with Gasteiger partial charge in [-0.25, -0.2) is 8.78 Å². The number of hydrogen-bond donors (Lipinski definition) is 0. The molecule has 0 N–H and O–H groups in total. The number of nitrogens with zero attached hydrogens (tertiary/aromatic N) is 1. The Morgan fingerprint density at radius 3 is 2.20 bits per heavy atom. The van der Waals surface area contributed by atoms with Crippen molar-refractivity contribution in [3.05, 3.63) is 0 Å². The van der Waals surface area contributed by atoms with E-state index in [1.807, 2.05) is 0 Å². The van der Waals surface area contributed by atoms with Crippen LogP contribution in [0.15, 0.2) is 0 Å². The Kier molecular flexibility index (Phi) is 3.60. The van der Waals surface area contributed by atoms with E-state index in [0.29, 0.717) is 5.92 Å². The Balaban J connectivity index is 1.71. The van der Waals surface area contributed by atoms with Gasteiger partial charge in [-0.3, -0.25) is 0 Å². The minimum absolute atomic E-state index is 0.117. The van der Waals surface area contributed by atoms with Gasteiger partial charge >= 0.3 is 0 Å². The van der Waals surface area contributed by atoms with Gasteiger partial charge in [-0.1, -0.05) is 6.42 Å². The van der Waals surface area contributed by atoms with Gasteiger partial charge < -0.3 is 4.90 Å². The molecule has 2 rings (SSSR count). The summed E-state index contributed by atoms with van der Waals surface area (Å²) in [5.74, 6) is -1.83. The van der Waals surface area contributed by atoms with Gasteiger partial charge in [0, 0.05) is 19.4 Å². The van der Waals surface area contributed by atoms with Crippen molar-refractivity contribution in [3.8, 4) is 0 Å². The molecule has 0 radical (unpaired) electrons. The van der Waals surface area contributed by atoms with E-state index in [9.17, 15) is 8.78 Å². The monoisotopic (exact) mass is 217 g/mol. The zero-order valence-electron chi connectivity index (χ0n) is 9.35. The van der Waals surface area contributed by atoms with Crippen molar-refractivity contribution in [3.63, 3.8) is 0 Å². The summed E-state index contributed by atoms with van der Waals surface area (Å²) in [4.78, 5) is 2.47. The van der Waals surface area contributed by atoms with E-state index in [1.165, 1.54) is 32.4 Å². The summed E-state index contributed by atoms with van der Waals surface area (Å²) < 4.78 is 25.9. The number of likely N-dealkylation sites (tertiary alicyclic amines) is 1. The molecule has 2 aliphatic rings. The second kappa shape index (κ2) is 4.77. The van der Waals surface area contributed by atoms with E-state index >= 15 is 0 Å². The van der Waals surface area contributed by atoms with Crippen LogP contribution in [0.2, 0.25) is 0 Å². The summed E-state index contributed by atoms with van der Waals surface area (Å²) in [6.07, 6.45) is 5.62. The maximum Gasteiger partial charge on any atom is 0.248 e. The summed E-state index contributed by atoms with van der Waals surface area (Å²) in [7, 11) is 0. The summed E-state index contributed by atoms with van der Waals surface area (Å²) in [5, 5.41) is 0. The van der Waals surface area contributed by atoms with Crippen molar-refractivity contribution >= 4 is 0 Å². The van der Waals surface area contributed by atoms with Crippen molar-refractivity contribution < 1.29 is 8.78 Å². The molecule has 1 saturated heterocycles. The predicted octanol–water partition coefficient (Wildman–Crippen LogP) is 3.30. The molecular formula is C12H21F2N. The van der Waals surface area contributed by atoms with Crippen molar-refractivity contribution in [2.75, 3.05) is 19.6 Å². The second-order valence-electron chi connectivity index (χ2n) is 5.16. The Labute approximate surface area is 90.8 Å². The minimum atomic E-state index is -2.36. The molecular weight excluding hydrogens is 196 g/mol. The van der Waals surface area contributed by atoms with Gasteiger partial charge in [-0.05, 0) is 44.7 Å². The highest BCUT2D eigenvalue weighted by Crippen LogP contribution is 2.36. The molecule has 0 unspecified atom stereocenters. The highest BCUT2D eigenvalue weighted by Gasteiger charge is 2.35. The Morgan fingerprint density at radius 1 is 1.00 bits per heavy atom. The second-order valence-corrected chi connectivity index (χ2v) is 5.16. The molecule has 1 aliphatic carbocycles. The van der Waals surface area contributed by atoms with Crippen molar-refractivity contribution in [1.82, 2.24) is 4.90 Å². The fourth-order valence-corrected chi connectivity index (χ4v) is 2.79. The van der Waals surface area contributed by atoms with Crippen LogP contribution < -0.4 is 0 Å². The topological polar surface area (TPSA) is 3.24 Å². The fourth-order valence-electron chi connectivity index (χ4n) is 2.79. The number of alkyl halides is 2. The van der Waals surface area contributed by atoms with Gasteiger partial charge in [0.05, 0.1) is 0 Å². The molecule has 88 valence electrons. The van der Waals surface area contributed by atoms with Gasteiger partial charge in [0.25, 0.3) is 0 Å². The van der Waals surface area contributed by atoms with E-state index in [-0.39, 0.29) is 12.8 Å². The fraction of sp³-hybridized carbons (Fsp3) is 1.00. The van der Waals surface area contributed by atoms with Crippen LogP contribution in [0, 0.1) is 5.92 Å². The molecule has 1 saturated carbocycles. The van der Waals surface area contributed by atoms with Crippen LogP contribution in [-0.4, -0.2) is 30.5 Å². The molecule has 3 heteroatoms. The smallest absolute Gasteiger partial charge is 0.248 e. The van der Waals surface area contributed by atoms with Crippen LogP contribution in [-0.2, 0) is 0 Å². The largest absolute Gasteiger partial charge is 0.303 e. The maximum atomic E-state index is 12.9. The molecule has 0 aromatic carbocycles. The third-order valence-corrected chi connectivity index (χ3v) is 3.80. The van der Waals surface area contributed by atoms with E-state index in [1.54, 1.807) is 0 Å². The number of hydrogen-bond acceptors (Lipinski definition) is 1. The van der Waals surface area contributed by atoms with E-state index in [0.717, 1.165) is 19.4 Å². The van der Waals surface area contributed by atoms with Crippen LogP contribution in [0.1, 0.15) is 44.9 Å². The molecule has 0 amide bonds. The molecule has 1 heterocycles. The molecule has 1 nitrogen and oxygen atoms in total. The molecule has 0 bridgehead atoms. The highest BCUT2D eigenvalue weighted by atomic mass is 19.3. The van der Waals surface area contributed by atoms with Crippen molar-refractivity contribution in [2.24, 2.45) is 5.92 Å². The third-order valence-electron chi connectivity index (χ3n) is 3.80. The first kappa shape index (κ1) is 11.3. The molecule has 0 aromatic rings. The molecule has 2 fully saturated rings. The first-order valence-corrected chi connectivity index (χ1v) is 6.26. The first-order valence-electron chi connectivity index (χ1n) is 6.26.